The number of amides is 1. The summed E-state index contributed by atoms with van der Waals surface area (Å²) in [7, 11) is 0. The summed E-state index contributed by atoms with van der Waals surface area (Å²) in [6.07, 6.45) is -0.603. The summed E-state index contributed by atoms with van der Waals surface area (Å²) >= 11 is 0. The molecule has 1 amide bonds. The normalized spacial score (nSPS) is 10.8. The highest BCUT2D eigenvalue weighted by molar-refractivity contribution is 5.67. The van der Waals surface area contributed by atoms with Crippen molar-refractivity contribution >= 4 is 6.09 Å². The number of carbonyl (C=O) groups excluding carboxylic acids is 1. The van der Waals surface area contributed by atoms with Crippen LogP contribution in [0.25, 0.3) is 0 Å². The highest BCUT2D eigenvalue weighted by Crippen LogP contribution is 2.12. The minimum absolute atomic E-state index is 0.340. The summed E-state index contributed by atoms with van der Waals surface area (Å²) in [5.41, 5.74) is 0.699. The van der Waals surface area contributed by atoms with E-state index in [1.54, 1.807) is 12.1 Å². The topological polar surface area (TPSA) is 47.6 Å². The van der Waals surface area contributed by atoms with Crippen LogP contribution in [0, 0.1) is 6.92 Å². The van der Waals surface area contributed by atoms with Crippen molar-refractivity contribution < 1.29 is 14.6 Å². The lowest BCUT2D eigenvalue weighted by molar-refractivity contribution is -0.144. The molecule has 0 saturated heterocycles. The van der Waals surface area contributed by atoms with Gasteiger partial charge in [-0.25, -0.2) is 9.68 Å². The molecule has 0 spiro atoms. The number of nitrogens with one attached hydrogen (secondary N) is 1. The van der Waals surface area contributed by atoms with Gasteiger partial charge in [-0.15, -0.1) is 0 Å². The van der Waals surface area contributed by atoms with Crippen molar-refractivity contribution in [2.75, 3.05) is 0 Å². The molecule has 1 rings (SSSR count). The molecule has 1 aromatic rings. The van der Waals surface area contributed by atoms with Crippen molar-refractivity contribution in [1.82, 2.24) is 5.32 Å². The molecule has 0 aliphatic carbocycles. The van der Waals surface area contributed by atoms with Crippen LogP contribution in [0.2, 0.25) is 0 Å². The summed E-state index contributed by atoms with van der Waals surface area (Å²) in [5, 5.41) is 2.62. The van der Waals surface area contributed by atoms with E-state index in [-0.39, 0.29) is 5.54 Å². The second-order valence-corrected chi connectivity index (χ2v) is 4.65. The number of hydrogen-bond donors (Lipinski definition) is 1. The average molecular weight is 223 g/mol. The lowest BCUT2D eigenvalue weighted by atomic mass is 10.1. The SMILES string of the molecule is Cc1cccc(OOC(=O)NC(C)(C)C)c1. The first-order chi connectivity index (χ1) is 7.37. The Morgan fingerprint density at radius 2 is 2.00 bits per heavy atom. The molecule has 4 heteroatoms. The van der Waals surface area contributed by atoms with Crippen LogP contribution in [0.5, 0.6) is 5.75 Å². The van der Waals surface area contributed by atoms with Crippen LogP contribution in [0.1, 0.15) is 26.3 Å². The Balaban J connectivity index is 2.43. The minimum atomic E-state index is -0.603. The van der Waals surface area contributed by atoms with Gasteiger partial charge in [-0.1, -0.05) is 12.1 Å². The standard InChI is InChI=1S/C12H17NO3/c1-9-6-5-7-10(8-9)15-16-11(14)13-12(2,3)4/h5-8H,1-4H3,(H,13,14). The monoisotopic (exact) mass is 223 g/mol. The molecule has 4 nitrogen and oxygen atoms in total. The maximum Gasteiger partial charge on any atom is 0.450 e. The Hall–Kier alpha value is -1.71. The molecule has 0 aliphatic heterocycles. The van der Waals surface area contributed by atoms with Crippen LogP contribution >= 0.6 is 0 Å². The second-order valence-electron chi connectivity index (χ2n) is 4.65. The van der Waals surface area contributed by atoms with Crippen LogP contribution in [0.4, 0.5) is 4.79 Å². The molecule has 1 N–H and O–H groups in total. The third kappa shape index (κ3) is 4.68. The number of carbonyl (C=O) groups is 1. The molecule has 0 aromatic heterocycles. The fourth-order valence-electron chi connectivity index (χ4n) is 1.08. The predicted molar refractivity (Wildman–Crippen MR) is 61.2 cm³/mol. The van der Waals surface area contributed by atoms with Gasteiger partial charge in [0, 0.05) is 5.54 Å². The largest absolute Gasteiger partial charge is 0.450 e. The zero-order valence-electron chi connectivity index (χ0n) is 10.0. The quantitative estimate of drug-likeness (QED) is 0.619. The number of hydrogen-bond acceptors (Lipinski definition) is 3. The molecule has 0 bridgehead atoms. The molecule has 0 aliphatic rings. The molecule has 0 atom stereocenters. The van der Waals surface area contributed by atoms with E-state index >= 15 is 0 Å². The first kappa shape index (κ1) is 12.4. The van der Waals surface area contributed by atoms with E-state index in [2.05, 4.69) is 10.2 Å². The van der Waals surface area contributed by atoms with Crippen molar-refractivity contribution in [3.63, 3.8) is 0 Å². The highest BCUT2D eigenvalue weighted by Gasteiger charge is 2.15. The Morgan fingerprint density at radius 1 is 1.31 bits per heavy atom. The Morgan fingerprint density at radius 3 is 2.56 bits per heavy atom. The van der Waals surface area contributed by atoms with Gasteiger partial charge in [-0.05, 0) is 45.4 Å². The fourth-order valence-corrected chi connectivity index (χ4v) is 1.08. The van der Waals surface area contributed by atoms with Crippen LogP contribution in [0.3, 0.4) is 0 Å². The maximum absolute atomic E-state index is 11.3. The fraction of sp³-hybridized carbons (Fsp3) is 0.417. The molecule has 0 unspecified atom stereocenters. The summed E-state index contributed by atoms with van der Waals surface area (Å²) < 4.78 is 0. The molecule has 0 fully saturated rings. The van der Waals surface area contributed by atoms with Crippen molar-refractivity contribution in [2.45, 2.75) is 33.2 Å². The molecule has 0 heterocycles. The van der Waals surface area contributed by atoms with E-state index in [0.717, 1.165) is 5.56 Å². The van der Waals surface area contributed by atoms with Gasteiger partial charge in [0.2, 0.25) is 0 Å². The molecule has 1 aromatic carbocycles. The van der Waals surface area contributed by atoms with E-state index < -0.39 is 6.09 Å². The average Bonchev–Trinajstić information content (AvgIpc) is 2.12. The third-order valence-electron chi connectivity index (χ3n) is 1.68. The number of aryl methyl sites for hydroxylation is 1. The molecular weight excluding hydrogens is 206 g/mol. The zero-order chi connectivity index (χ0) is 12.2. The molecule has 0 saturated carbocycles. The van der Waals surface area contributed by atoms with Crippen LogP contribution in [-0.4, -0.2) is 11.6 Å². The van der Waals surface area contributed by atoms with Crippen LogP contribution in [0.15, 0.2) is 24.3 Å². The highest BCUT2D eigenvalue weighted by atomic mass is 17.2. The number of benzene rings is 1. The van der Waals surface area contributed by atoms with Gasteiger partial charge >= 0.3 is 6.09 Å². The zero-order valence-corrected chi connectivity index (χ0v) is 10.0. The van der Waals surface area contributed by atoms with Crippen molar-refractivity contribution in [3.05, 3.63) is 29.8 Å². The minimum Gasteiger partial charge on any atom is -0.314 e. The first-order valence-electron chi connectivity index (χ1n) is 5.10. The lowest BCUT2D eigenvalue weighted by Crippen LogP contribution is -2.41. The lowest BCUT2D eigenvalue weighted by Gasteiger charge is -2.18. The van der Waals surface area contributed by atoms with Gasteiger partial charge in [0.25, 0.3) is 0 Å². The van der Waals surface area contributed by atoms with Crippen molar-refractivity contribution in [1.29, 1.82) is 0 Å². The van der Waals surface area contributed by atoms with E-state index in [1.807, 2.05) is 39.8 Å². The predicted octanol–water partition coefficient (Wildman–Crippen LogP) is 2.81. The molecule has 0 radical (unpaired) electrons. The van der Waals surface area contributed by atoms with Crippen molar-refractivity contribution in [3.8, 4) is 5.75 Å². The van der Waals surface area contributed by atoms with Gasteiger partial charge in [0.1, 0.15) is 0 Å². The van der Waals surface area contributed by atoms with E-state index in [4.69, 9.17) is 4.89 Å². The van der Waals surface area contributed by atoms with E-state index in [0.29, 0.717) is 5.75 Å². The smallest absolute Gasteiger partial charge is 0.314 e. The summed E-state index contributed by atoms with van der Waals surface area (Å²) in [4.78, 5) is 20.8. The first-order valence-corrected chi connectivity index (χ1v) is 5.10. The van der Waals surface area contributed by atoms with Gasteiger partial charge in [-0.2, -0.15) is 0 Å². The van der Waals surface area contributed by atoms with E-state index in [9.17, 15) is 4.79 Å². The maximum atomic E-state index is 11.3. The van der Waals surface area contributed by atoms with Crippen molar-refractivity contribution in [2.24, 2.45) is 0 Å². The van der Waals surface area contributed by atoms with Gasteiger partial charge < -0.3 is 5.32 Å². The number of rotatable bonds is 2. The van der Waals surface area contributed by atoms with Gasteiger partial charge in [0.05, 0.1) is 0 Å². The second kappa shape index (κ2) is 4.88. The Labute approximate surface area is 95.5 Å². The molecule has 16 heavy (non-hydrogen) atoms. The van der Waals surface area contributed by atoms with Crippen LogP contribution < -0.4 is 10.2 Å². The third-order valence-corrected chi connectivity index (χ3v) is 1.68. The summed E-state index contributed by atoms with van der Waals surface area (Å²) in [5.74, 6) is 0.504. The summed E-state index contributed by atoms with van der Waals surface area (Å²) in [6.45, 7) is 7.52. The Bertz CT molecular complexity index is 369. The van der Waals surface area contributed by atoms with Gasteiger partial charge in [-0.3, -0.25) is 4.89 Å². The molecule has 88 valence electrons. The Kier molecular flexibility index (Phi) is 3.77. The van der Waals surface area contributed by atoms with Gasteiger partial charge in [0.15, 0.2) is 5.75 Å². The van der Waals surface area contributed by atoms with E-state index in [1.165, 1.54) is 0 Å². The summed E-state index contributed by atoms with van der Waals surface area (Å²) in [6, 6.07) is 7.26. The molecular formula is C12H17NO3. The van der Waals surface area contributed by atoms with Crippen LogP contribution in [-0.2, 0) is 4.89 Å².